The van der Waals surface area contributed by atoms with Crippen molar-refractivity contribution in [3.63, 3.8) is 0 Å². The molecule has 7 heteroatoms. The summed E-state index contributed by atoms with van der Waals surface area (Å²) in [5.41, 5.74) is 3.36. The van der Waals surface area contributed by atoms with Crippen molar-refractivity contribution in [2.24, 2.45) is 15.9 Å². The highest BCUT2D eigenvalue weighted by Crippen LogP contribution is 2.22. The molecule has 1 heterocycles. The van der Waals surface area contributed by atoms with Gasteiger partial charge in [-0.2, -0.15) is 9.98 Å². The molecule has 1 aliphatic carbocycles. The zero-order valence-corrected chi connectivity index (χ0v) is 18.0. The lowest BCUT2D eigenvalue weighted by molar-refractivity contribution is 0.228. The summed E-state index contributed by atoms with van der Waals surface area (Å²) in [5, 5.41) is 2.77. The van der Waals surface area contributed by atoms with Crippen LogP contribution in [0.25, 0.3) is 0 Å². The molecule has 1 aliphatic heterocycles. The number of aryl methyl sites for hydroxylation is 1. The third kappa shape index (κ3) is 4.83. The molecule has 0 bridgehead atoms. The summed E-state index contributed by atoms with van der Waals surface area (Å²) in [4.78, 5) is 35.5. The molecule has 2 aliphatic rings. The second kappa shape index (κ2) is 9.43. The number of amidine groups is 1. The Kier molecular flexibility index (Phi) is 6.26. The van der Waals surface area contributed by atoms with E-state index in [-0.39, 0.29) is 5.92 Å². The van der Waals surface area contributed by atoms with E-state index >= 15 is 0 Å². The summed E-state index contributed by atoms with van der Waals surface area (Å²) in [6.45, 7) is 2.33. The Hall–Kier alpha value is -4.00. The maximum Gasteiger partial charge on any atom is 0.349 e. The van der Waals surface area contributed by atoms with Gasteiger partial charge in [-0.3, -0.25) is 4.90 Å². The van der Waals surface area contributed by atoms with Crippen LogP contribution in [0.4, 0.5) is 15.3 Å². The Labute approximate surface area is 186 Å². The van der Waals surface area contributed by atoms with Gasteiger partial charge >= 0.3 is 12.1 Å². The Bertz CT molecular complexity index is 1130. The van der Waals surface area contributed by atoms with Gasteiger partial charge < -0.3 is 10.1 Å². The van der Waals surface area contributed by atoms with Gasteiger partial charge in [0.2, 0.25) is 0 Å². The molecule has 1 atom stereocenters. The average molecular weight is 428 g/mol. The summed E-state index contributed by atoms with van der Waals surface area (Å²) in [6.07, 6.45) is 7.94. The van der Waals surface area contributed by atoms with Gasteiger partial charge in [0.05, 0.1) is 18.7 Å². The standard InChI is InChI=1S/C25H24N4O3/c1-17-7-11-19(12-8-17)26-24(30)28-23-21-5-3-4-6-22(21)27-25(31)29(23)16-15-18-9-13-20(32-2)14-10-18/h3-14,21H,15-16H2,1-2H3,(H,26,30)/b28-23-. The molecule has 0 aromatic heterocycles. The number of hydrogen-bond donors (Lipinski definition) is 1. The van der Waals surface area contributed by atoms with E-state index in [1.54, 1.807) is 13.2 Å². The number of carbonyl (C=O) groups is 2. The molecule has 0 saturated carbocycles. The minimum absolute atomic E-state index is 0.350. The number of anilines is 1. The highest BCUT2D eigenvalue weighted by molar-refractivity contribution is 6.24. The van der Waals surface area contributed by atoms with Gasteiger partial charge in [0.1, 0.15) is 11.6 Å². The van der Waals surface area contributed by atoms with E-state index in [2.05, 4.69) is 15.3 Å². The van der Waals surface area contributed by atoms with Crippen LogP contribution in [0.3, 0.4) is 0 Å². The minimum atomic E-state index is -0.532. The van der Waals surface area contributed by atoms with E-state index in [9.17, 15) is 9.59 Å². The number of amides is 4. The van der Waals surface area contributed by atoms with Crippen molar-refractivity contribution in [3.05, 3.63) is 84.0 Å². The van der Waals surface area contributed by atoms with Crippen molar-refractivity contribution in [2.75, 3.05) is 19.0 Å². The molecule has 4 rings (SSSR count). The maximum atomic E-state index is 12.8. The van der Waals surface area contributed by atoms with Gasteiger partial charge in [0.25, 0.3) is 0 Å². The zero-order valence-electron chi connectivity index (χ0n) is 18.0. The molecule has 1 unspecified atom stereocenters. The first-order valence-electron chi connectivity index (χ1n) is 10.4. The van der Waals surface area contributed by atoms with Crippen LogP contribution in [0.15, 0.2) is 82.8 Å². The number of fused-ring (bicyclic) bond motifs is 1. The third-order valence-electron chi connectivity index (χ3n) is 5.31. The molecular formula is C25H24N4O3. The summed E-state index contributed by atoms with van der Waals surface area (Å²) < 4.78 is 5.20. The Morgan fingerprint density at radius 3 is 2.59 bits per heavy atom. The molecule has 0 radical (unpaired) electrons. The van der Waals surface area contributed by atoms with Crippen molar-refractivity contribution in [1.82, 2.24) is 4.90 Å². The highest BCUT2D eigenvalue weighted by atomic mass is 16.5. The number of methoxy groups -OCH3 is 1. The minimum Gasteiger partial charge on any atom is -0.497 e. The Balaban J connectivity index is 1.57. The number of urea groups is 2. The number of rotatable bonds is 5. The van der Waals surface area contributed by atoms with Crippen LogP contribution in [0, 0.1) is 12.8 Å². The lowest BCUT2D eigenvalue weighted by Crippen LogP contribution is -2.47. The number of carbonyl (C=O) groups excluding carboxylic acids is 2. The van der Waals surface area contributed by atoms with E-state index in [1.807, 2.05) is 73.7 Å². The van der Waals surface area contributed by atoms with E-state index in [1.165, 1.54) is 4.90 Å². The molecule has 1 N–H and O–H groups in total. The lowest BCUT2D eigenvalue weighted by atomic mass is 9.94. The fraction of sp³-hybridized carbons (Fsp3) is 0.200. The number of benzene rings is 2. The second-order valence-electron chi connectivity index (χ2n) is 7.56. The van der Waals surface area contributed by atoms with Crippen molar-refractivity contribution in [1.29, 1.82) is 0 Å². The third-order valence-corrected chi connectivity index (χ3v) is 5.31. The Morgan fingerprint density at radius 1 is 1.12 bits per heavy atom. The Morgan fingerprint density at radius 2 is 1.88 bits per heavy atom. The van der Waals surface area contributed by atoms with Crippen LogP contribution in [0.2, 0.25) is 0 Å². The number of nitrogens with one attached hydrogen (secondary N) is 1. The lowest BCUT2D eigenvalue weighted by Gasteiger charge is -2.31. The molecule has 162 valence electrons. The van der Waals surface area contributed by atoms with E-state index in [0.717, 1.165) is 16.9 Å². The normalized spacial score (nSPS) is 18.4. The van der Waals surface area contributed by atoms with E-state index < -0.39 is 12.1 Å². The molecule has 4 amide bonds. The number of allylic oxidation sites excluding steroid dienone is 3. The summed E-state index contributed by atoms with van der Waals surface area (Å²) in [6, 6.07) is 14.2. The van der Waals surface area contributed by atoms with Gasteiger partial charge in [0.15, 0.2) is 0 Å². The van der Waals surface area contributed by atoms with Crippen LogP contribution >= 0.6 is 0 Å². The molecule has 2 aromatic carbocycles. The molecule has 0 spiro atoms. The highest BCUT2D eigenvalue weighted by Gasteiger charge is 2.34. The van der Waals surface area contributed by atoms with Crippen LogP contribution in [0.1, 0.15) is 11.1 Å². The first kappa shape index (κ1) is 21.2. The number of aliphatic imine (C=N–C) groups is 2. The molecule has 0 fully saturated rings. The summed E-state index contributed by atoms with van der Waals surface area (Å²) in [7, 11) is 1.62. The average Bonchev–Trinajstić information content (AvgIpc) is 2.80. The second-order valence-corrected chi connectivity index (χ2v) is 7.56. The van der Waals surface area contributed by atoms with Crippen LogP contribution in [-0.2, 0) is 6.42 Å². The molecule has 32 heavy (non-hydrogen) atoms. The predicted molar refractivity (Wildman–Crippen MR) is 126 cm³/mol. The van der Waals surface area contributed by atoms with Gasteiger partial charge in [-0.15, -0.1) is 0 Å². The van der Waals surface area contributed by atoms with Crippen LogP contribution in [-0.4, -0.2) is 42.2 Å². The van der Waals surface area contributed by atoms with Gasteiger partial charge in [0, 0.05) is 12.2 Å². The zero-order chi connectivity index (χ0) is 22.5. The van der Waals surface area contributed by atoms with Crippen LogP contribution in [0.5, 0.6) is 5.75 Å². The first-order chi connectivity index (χ1) is 15.5. The van der Waals surface area contributed by atoms with Gasteiger partial charge in [-0.1, -0.05) is 48.1 Å². The van der Waals surface area contributed by atoms with Crippen molar-refractivity contribution >= 4 is 29.3 Å². The SMILES string of the molecule is COc1ccc(CCN2C(=O)N=C3C=CC=CC3/C2=N/C(=O)Nc2ccc(C)cc2)cc1. The molecule has 0 saturated heterocycles. The monoisotopic (exact) mass is 428 g/mol. The number of ether oxygens (including phenoxy) is 1. The number of nitrogens with zero attached hydrogens (tertiary/aromatic N) is 3. The van der Waals surface area contributed by atoms with Crippen molar-refractivity contribution < 1.29 is 14.3 Å². The van der Waals surface area contributed by atoms with Gasteiger partial charge in [-0.25, -0.2) is 9.59 Å². The van der Waals surface area contributed by atoms with E-state index in [4.69, 9.17) is 4.74 Å². The maximum absolute atomic E-state index is 12.8. The van der Waals surface area contributed by atoms with Crippen molar-refractivity contribution in [3.8, 4) is 5.75 Å². The topological polar surface area (TPSA) is 83.4 Å². The first-order valence-corrected chi connectivity index (χ1v) is 10.4. The summed E-state index contributed by atoms with van der Waals surface area (Å²) in [5.74, 6) is 0.794. The van der Waals surface area contributed by atoms with Gasteiger partial charge in [-0.05, 0) is 49.2 Å². The smallest absolute Gasteiger partial charge is 0.349 e. The fourth-order valence-corrected chi connectivity index (χ4v) is 3.56. The van der Waals surface area contributed by atoms with Crippen molar-refractivity contribution in [2.45, 2.75) is 13.3 Å². The molecular weight excluding hydrogens is 404 g/mol. The molecule has 2 aromatic rings. The quantitative estimate of drug-likeness (QED) is 0.743. The number of hydrogen-bond acceptors (Lipinski definition) is 3. The van der Waals surface area contributed by atoms with E-state index in [0.29, 0.717) is 30.2 Å². The van der Waals surface area contributed by atoms with Crippen LogP contribution < -0.4 is 10.1 Å². The predicted octanol–water partition coefficient (Wildman–Crippen LogP) is 4.80. The molecule has 7 nitrogen and oxygen atoms in total. The largest absolute Gasteiger partial charge is 0.497 e. The summed E-state index contributed by atoms with van der Waals surface area (Å²) >= 11 is 0. The fourth-order valence-electron chi connectivity index (χ4n) is 3.56.